The SMILES string of the molecule is C/C1=C\CCC(C)CCC([C@H](C)C=O)CC1. The van der Waals surface area contributed by atoms with E-state index < -0.39 is 0 Å². The number of rotatable bonds is 2. The summed E-state index contributed by atoms with van der Waals surface area (Å²) in [6.07, 6.45) is 11.0. The summed E-state index contributed by atoms with van der Waals surface area (Å²) < 4.78 is 0. The Morgan fingerprint density at radius 2 is 2.06 bits per heavy atom. The number of hydrogen-bond donors (Lipinski definition) is 0. The molecule has 0 saturated heterocycles. The summed E-state index contributed by atoms with van der Waals surface area (Å²) in [5.41, 5.74) is 1.51. The van der Waals surface area contributed by atoms with Crippen LogP contribution in [0.4, 0.5) is 0 Å². The molecule has 92 valence electrons. The molecule has 0 amide bonds. The molecule has 0 aromatic rings. The Morgan fingerprint density at radius 1 is 1.31 bits per heavy atom. The molecule has 1 nitrogen and oxygen atoms in total. The highest BCUT2D eigenvalue weighted by Crippen LogP contribution is 2.28. The monoisotopic (exact) mass is 222 g/mol. The van der Waals surface area contributed by atoms with Gasteiger partial charge in [0.1, 0.15) is 6.29 Å². The molecule has 16 heavy (non-hydrogen) atoms. The minimum atomic E-state index is 0.236. The van der Waals surface area contributed by atoms with Crippen molar-refractivity contribution in [3.8, 4) is 0 Å². The maximum atomic E-state index is 10.9. The quantitative estimate of drug-likeness (QED) is 0.501. The van der Waals surface area contributed by atoms with Crippen LogP contribution in [0.2, 0.25) is 0 Å². The predicted octanol–water partition coefficient (Wildman–Crippen LogP) is 4.37. The third-order valence-corrected chi connectivity index (χ3v) is 4.05. The van der Waals surface area contributed by atoms with Gasteiger partial charge in [0.2, 0.25) is 0 Å². The highest BCUT2D eigenvalue weighted by Gasteiger charge is 2.18. The van der Waals surface area contributed by atoms with E-state index in [1.807, 2.05) is 0 Å². The van der Waals surface area contributed by atoms with Gasteiger partial charge in [-0.25, -0.2) is 0 Å². The Hall–Kier alpha value is -0.590. The van der Waals surface area contributed by atoms with Gasteiger partial charge < -0.3 is 4.79 Å². The van der Waals surface area contributed by atoms with Crippen molar-refractivity contribution in [3.05, 3.63) is 11.6 Å². The summed E-state index contributed by atoms with van der Waals surface area (Å²) in [4.78, 5) is 10.9. The zero-order chi connectivity index (χ0) is 12.0. The minimum absolute atomic E-state index is 0.236. The van der Waals surface area contributed by atoms with Gasteiger partial charge in [-0.1, -0.05) is 31.9 Å². The molecule has 0 aromatic heterocycles. The zero-order valence-corrected chi connectivity index (χ0v) is 11.0. The standard InChI is InChI=1S/C15H26O/c1-12-5-4-6-13(2)8-10-15(9-7-12)14(3)11-16/h5,11,13-15H,4,6-10H2,1-3H3/b12-5+/t13?,14-,15?/m1/s1. The van der Waals surface area contributed by atoms with Crippen molar-refractivity contribution in [2.75, 3.05) is 0 Å². The molecule has 0 aliphatic heterocycles. The van der Waals surface area contributed by atoms with Crippen molar-refractivity contribution in [1.82, 2.24) is 0 Å². The number of aldehydes is 1. The first kappa shape index (κ1) is 13.5. The molecule has 0 bridgehead atoms. The van der Waals surface area contributed by atoms with E-state index in [9.17, 15) is 4.79 Å². The Balaban J connectivity index is 2.61. The normalized spacial score (nSPS) is 33.6. The topological polar surface area (TPSA) is 17.1 Å². The van der Waals surface area contributed by atoms with Crippen molar-refractivity contribution in [2.24, 2.45) is 17.8 Å². The summed E-state index contributed by atoms with van der Waals surface area (Å²) in [5.74, 6) is 1.64. The van der Waals surface area contributed by atoms with Crippen LogP contribution in [0.1, 0.15) is 59.3 Å². The maximum absolute atomic E-state index is 10.9. The van der Waals surface area contributed by atoms with Crippen LogP contribution in [0.25, 0.3) is 0 Å². The van der Waals surface area contributed by atoms with E-state index in [-0.39, 0.29) is 5.92 Å². The van der Waals surface area contributed by atoms with Crippen LogP contribution in [0.5, 0.6) is 0 Å². The van der Waals surface area contributed by atoms with Crippen molar-refractivity contribution in [1.29, 1.82) is 0 Å². The first-order valence-corrected chi connectivity index (χ1v) is 6.74. The van der Waals surface area contributed by atoms with Gasteiger partial charge in [-0.2, -0.15) is 0 Å². The summed E-state index contributed by atoms with van der Waals surface area (Å²) in [6.45, 7) is 6.65. The maximum Gasteiger partial charge on any atom is 0.123 e. The van der Waals surface area contributed by atoms with Gasteiger partial charge in [0.25, 0.3) is 0 Å². The van der Waals surface area contributed by atoms with Crippen LogP contribution in [0.3, 0.4) is 0 Å². The fourth-order valence-corrected chi connectivity index (χ4v) is 2.55. The Bertz CT molecular complexity index is 242. The molecule has 1 heteroatoms. The summed E-state index contributed by atoms with van der Waals surface area (Å²) in [5, 5.41) is 0. The van der Waals surface area contributed by atoms with E-state index in [1.54, 1.807) is 0 Å². The number of hydrogen-bond acceptors (Lipinski definition) is 1. The molecule has 1 rings (SSSR count). The molecule has 1 aliphatic rings. The molecule has 0 aromatic carbocycles. The van der Waals surface area contributed by atoms with Gasteiger partial charge in [-0.3, -0.25) is 0 Å². The largest absolute Gasteiger partial charge is 0.303 e. The van der Waals surface area contributed by atoms with Crippen molar-refractivity contribution in [3.63, 3.8) is 0 Å². The number of carbonyl (C=O) groups is 1. The van der Waals surface area contributed by atoms with E-state index >= 15 is 0 Å². The average Bonchev–Trinajstić information content (AvgIpc) is 2.28. The molecule has 1 aliphatic carbocycles. The van der Waals surface area contributed by atoms with Crippen molar-refractivity contribution in [2.45, 2.75) is 59.3 Å². The van der Waals surface area contributed by atoms with Gasteiger partial charge in [-0.15, -0.1) is 0 Å². The Morgan fingerprint density at radius 3 is 2.75 bits per heavy atom. The second-order valence-corrected chi connectivity index (χ2v) is 5.60. The molecular weight excluding hydrogens is 196 g/mol. The highest BCUT2D eigenvalue weighted by atomic mass is 16.1. The van der Waals surface area contributed by atoms with Crippen molar-refractivity contribution >= 4 is 6.29 Å². The van der Waals surface area contributed by atoms with Gasteiger partial charge in [0.05, 0.1) is 0 Å². The van der Waals surface area contributed by atoms with Crippen LogP contribution in [0, 0.1) is 17.8 Å². The lowest BCUT2D eigenvalue weighted by Crippen LogP contribution is -2.15. The Labute approximate surface area is 100 Å². The third kappa shape index (κ3) is 4.51. The third-order valence-electron chi connectivity index (χ3n) is 4.05. The summed E-state index contributed by atoms with van der Waals surface area (Å²) in [6, 6.07) is 0. The fourth-order valence-electron chi connectivity index (χ4n) is 2.55. The molecule has 0 N–H and O–H groups in total. The predicted molar refractivity (Wildman–Crippen MR) is 69.3 cm³/mol. The number of carbonyl (C=O) groups excluding carboxylic acids is 1. The lowest BCUT2D eigenvalue weighted by molar-refractivity contribution is -0.112. The molecule has 0 fully saturated rings. The molecule has 0 radical (unpaired) electrons. The van der Waals surface area contributed by atoms with Gasteiger partial charge in [0.15, 0.2) is 0 Å². The highest BCUT2D eigenvalue weighted by molar-refractivity contribution is 5.53. The van der Waals surface area contributed by atoms with Gasteiger partial charge in [-0.05, 0) is 50.9 Å². The van der Waals surface area contributed by atoms with Crippen molar-refractivity contribution < 1.29 is 4.79 Å². The van der Waals surface area contributed by atoms with Crippen LogP contribution in [-0.2, 0) is 4.79 Å². The first-order chi connectivity index (χ1) is 7.63. The summed E-state index contributed by atoms with van der Waals surface area (Å²) in [7, 11) is 0. The number of allylic oxidation sites excluding steroid dienone is 2. The molecular formula is C15H26O. The average molecular weight is 222 g/mol. The zero-order valence-electron chi connectivity index (χ0n) is 11.0. The van der Waals surface area contributed by atoms with E-state index in [0.717, 1.165) is 12.2 Å². The van der Waals surface area contributed by atoms with E-state index in [1.165, 1.54) is 44.1 Å². The summed E-state index contributed by atoms with van der Waals surface area (Å²) >= 11 is 0. The van der Waals surface area contributed by atoms with E-state index in [2.05, 4.69) is 26.8 Å². The molecule has 0 saturated carbocycles. The smallest absolute Gasteiger partial charge is 0.123 e. The lowest BCUT2D eigenvalue weighted by atomic mass is 9.82. The second kappa shape index (κ2) is 6.88. The second-order valence-electron chi connectivity index (χ2n) is 5.60. The first-order valence-electron chi connectivity index (χ1n) is 6.74. The lowest BCUT2D eigenvalue weighted by Gasteiger charge is -2.23. The van der Waals surface area contributed by atoms with Crippen LogP contribution < -0.4 is 0 Å². The van der Waals surface area contributed by atoms with E-state index in [0.29, 0.717) is 5.92 Å². The molecule has 2 unspecified atom stereocenters. The van der Waals surface area contributed by atoms with Crippen LogP contribution in [0.15, 0.2) is 11.6 Å². The fraction of sp³-hybridized carbons (Fsp3) is 0.800. The van der Waals surface area contributed by atoms with Crippen LogP contribution in [-0.4, -0.2) is 6.29 Å². The van der Waals surface area contributed by atoms with Gasteiger partial charge >= 0.3 is 0 Å². The van der Waals surface area contributed by atoms with Gasteiger partial charge in [0, 0.05) is 5.92 Å². The van der Waals surface area contributed by atoms with E-state index in [4.69, 9.17) is 0 Å². The Kier molecular flexibility index (Phi) is 5.79. The molecule has 3 atom stereocenters. The van der Waals surface area contributed by atoms with Crippen LogP contribution >= 0.6 is 0 Å². The molecule has 0 heterocycles. The minimum Gasteiger partial charge on any atom is -0.303 e. The molecule has 0 spiro atoms.